The second-order valence-electron chi connectivity index (χ2n) is 7.92. The van der Waals surface area contributed by atoms with Gasteiger partial charge < -0.3 is 4.74 Å². The summed E-state index contributed by atoms with van der Waals surface area (Å²) < 4.78 is 5.13. The lowest BCUT2D eigenvalue weighted by Gasteiger charge is -2.06. The maximum absolute atomic E-state index is 12.5. The molecule has 0 bridgehead atoms. The van der Waals surface area contributed by atoms with Crippen molar-refractivity contribution < 1.29 is 14.3 Å². The Morgan fingerprint density at radius 3 is 2.25 bits per heavy atom. The predicted molar refractivity (Wildman–Crippen MR) is 126 cm³/mol. The van der Waals surface area contributed by atoms with Crippen LogP contribution in [-0.4, -0.2) is 23.7 Å². The Labute approximate surface area is 187 Å². The minimum atomic E-state index is 0.0711. The van der Waals surface area contributed by atoms with E-state index < -0.39 is 0 Å². The highest BCUT2D eigenvalue weighted by Crippen LogP contribution is 2.17. The Kier molecular flexibility index (Phi) is 6.71. The van der Waals surface area contributed by atoms with E-state index in [1.165, 1.54) is 0 Å². The number of hydrogen-bond acceptors (Lipinski definition) is 4. The molecule has 0 aliphatic rings. The monoisotopic (exact) mass is 423 g/mol. The van der Waals surface area contributed by atoms with Crippen molar-refractivity contribution in [1.82, 2.24) is 4.98 Å². The Bertz CT molecular complexity index is 1230. The largest absolute Gasteiger partial charge is 0.497 e. The van der Waals surface area contributed by atoms with Crippen LogP contribution in [0.2, 0.25) is 0 Å². The van der Waals surface area contributed by atoms with Crippen LogP contribution in [0, 0.1) is 0 Å². The van der Waals surface area contributed by atoms with Crippen LogP contribution in [0.4, 0.5) is 0 Å². The molecule has 4 nitrogen and oxygen atoms in total. The molecule has 0 unspecified atom stereocenters. The molecule has 4 aromatic rings. The van der Waals surface area contributed by atoms with Gasteiger partial charge in [0.25, 0.3) is 0 Å². The van der Waals surface area contributed by atoms with Crippen LogP contribution in [0.1, 0.15) is 33.5 Å². The van der Waals surface area contributed by atoms with Crippen LogP contribution in [0.3, 0.4) is 0 Å². The molecule has 0 spiro atoms. The molecule has 0 radical (unpaired) electrons. The zero-order valence-corrected chi connectivity index (χ0v) is 18.1. The van der Waals surface area contributed by atoms with Crippen molar-refractivity contribution in [3.05, 3.63) is 107 Å². The molecule has 0 aliphatic carbocycles. The van der Waals surface area contributed by atoms with Crippen molar-refractivity contribution in [1.29, 1.82) is 0 Å². The number of carbonyl (C=O) groups excluding carboxylic acids is 2. The lowest BCUT2D eigenvalue weighted by Crippen LogP contribution is -2.05. The molecule has 0 amide bonds. The number of nitrogens with zero attached hydrogens (tertiary/aromatic N) is 1. The van der Waals surface area contributed by atoms with Crippen molar-refractivity contribution in [2.75, 3.05) is 7.11 Å². The number of rotatable bonds is 9. The number of hydrogen-bond donors (Lipinski definition) is 0. The van der Waals surface area contributed by atoms with Gasteiger partial charge >= 0.3 is 0 Å². The average Bonchev–Trinajstić information content (AvgIpc) is 2.83. The summed E-state index contributed by atoms with van der Waals surface area (Å²) in [6.45, 7) is 0. The number of aryl methyl sites for hydroxylation is 1. The van der Waals surface area contributed by atoms with Crippen LogP contribution in [-0.2, 0) is 24.1 Å². The molecule has 0 saturated carbocycles. The maximum atomic E-state index is 12.5. The fourth-order valence-electron chi connectivity index (χ4n) is 3.73. The number of Topliss-reactive ketones (excluding diaryl/α,β-unsaturated/α-hetero) is 2. The molecule has 0 atom stereocenters. The summed E-state index contributed by atoms with van der Waals surface area (Å²) >= 11 is 0. The van der Waals surface area contributed by atoms with E-state index in [0.29, 0.717) is 31.2 Å². The number of pyridine rings is 1. The van der Waals surface area contributed by atoms with E-state index >= 15 is 0 Å². The first kappa shape index (κ1) is 21.4. The van der Waals surface area contributed by atoms with Crippen molar-refractivity contribution >= 4 is 22.3 Å². The third-order valence-corrected chi connectivity index (χ3v) is 5.60. The van der Waals surface area contributed by atoms with Gasteiger partial charge in [0.1, 0.15) is 11.5 Å². The highest BCUT2D eigenvalue weighted by molar-refractivity contribution is 5.97. The van der Waals surface area contributed by atoms with Crippen molar-refractivity contribution in [3.8, 4) is 5.75 Å². The highest BCUT2D eigenvalue weighted by Gasteiger charge is 2.09. The van der Waals surface area contributed by atoms with E-state index in [1.54, 1.807) is 37.6 Å². The van der Waals surface area contributed by atoms with E-state index in [4.69, 9.17) is 4.74 Å². The lowest BCUT2D eigenvalue weighted by molar-refractivity contribution is -0.118. The average molecular weight is 424 g/mol. The molecule has 1 heterocycles. The standard InChI is InChI=1S/C28H25NO3/c1-32-27-12-9-23(10-13-27)28(31)18-21-4-2-20(3-5-21)7-11-26(30)17-22-6-8-25-19-29-15-14-24(25)16-22/h2-6,8-10,12-16,19H,7,11,17-18H2,1H3. The zero-order valence-electron chi connectivity index (χ0n) is 18.1. The Morgan fingerprint density at radius 2 is 1.50 bits per heavy atom. The van der Waals surface area contributed by atoms with Gasteiger partial charge in [-0.15, -0.1) is 0 Å². The molecule has 3 aromatic carbocycles. The smallest absolute Gasteiger partial charge is 0.167 e. The molecule has 0 fully saturated rings. The van der Waals surface area contributed by atoms with Crippen molar-refractivity contribution in [2.45, 2.75) is 25.7 Å². The molecular formula is C28H25NO3. The topological polar surface area (TPSA) is 56.3 Å². The van der Waals surface area contributed by atoms with Crippen LogP contribution in [0.15, 0.2) is 85.2 Å². The summed E-state index contributed by atoms with van der Waals surface area (Å²) in [7, 11) is 1.60. The molecule has 4 rings (SSSR count). The van der Waals surface area contributed by atoms with E-state index in [2.05, 4.69) is 11.1 Å². The molecule has 32 heavy (non-hydrogen) atoms. The van der Waals surface area contributed by atoms with Crippen LogP contribution < -0.4 is 4.74 Å². The SMILES string of the molecule is COc1ccc(C(=O)Cc2ccc(CCC(=O)Cc3ccc4cnccc4c3)cc2)cc1. The Hall–Kier alpha value is -3.79. The van der Waals surface area contributed by atoms with Gasteiger partial charge in [-0.1, -0.05) is 42.5 Å². The number of fused-ring (bicyclic) bond motifs is 1. The quantitative estimate of drug-likeness (QED) is 0.338. The third kappa shape index (κ3) is 5.46. The van der Waals surface area contributed by atoms with Gasteiger partial charge in [-0.3, -0.25) is 14.6 Å². The Balaban J connectivity index is 1.29. The molecule has 1 aromatic heterocycles. The molecule has 160 valence electrons. The second-order valence-corrected chi connectivity index (χ2v) is 7.92. The second kappa shape index (κ2) is 10.0. The summed E-state index contributed by atoms with van der Waals surface area (Å²) in [5.74, 6) is 1.03. The lowest BCUT2D eigenvalue weighted by atomic mass is 9.98. The van der Waals surface area contributed by atoms with Crippen molar-refractivity contribution in [3.63, 3.8) is 0 Å². The number of benzene rings is 3. The van der Waals surface area contributed by atoms with Crippen LogP contribution in [0.25, 0.3) is 10.8 Å². The van der Waals surface area contributed by atoms with Gasteiger partial charge in [-0.05, 0) is 58.8 Å². The number of carbonyl (C=O) groups is 2. The minimum absolute atomic E-state index is 0.0711. The molecular weight excluding hydrogens is 398 g/mol. The normalized spacial score (nSPS) is 10.8. The minimum Gasteiger partial charge on any atom is -0.497 e. The summed E-state index contributed by atoms with van der Waals surface area (Å²) in [6.07, 6.45) is 5.58. The highest BCUT2D eigenvalue weighted by atomic mass is 16.5. The fraction of sp³-hybridized carbons (Fsp3) is 0.179. The maximum Gasteiger partial charge on any atom is 0.167 e. The Morgan fingerprint density at radius 1 is 0.781 bits per heavy atom. The molecule has 0 aliphatic heterocycles. The predicted octanol–water partition coefficient (Wildman–Crippen LogP) is 5.41. The van der Waals surface area contributed by atoms with Gasteiger partial charge in [0.05, 0.1) is 7.11 Å². The third-order valence-electron chi connectivity index (χ3n) is 5.60. The van der Waals surface area contributed by atoms with Gasteiger partial charge in [-0.25, -0.2) is 0 Å². The first-order valence-electron chi connectivity index (χ1n) is 10.7. The number of ketones is 2. The van der Waals surface area contributed by atoms with Gasteiger partial charge in [-0.2, -0.15) is 0 Å². The van der Waals surface area contributed by atoms with E-state index in [-0.39, 0.29) is 11.6 Å². The van der Waals surface area contributed by atoms with Crippen LogP contribution in [0.5, 0.6) is 5.75 Å². The molecule has 0 N–H and O–H groups in total. The molecule has 0 saturated heterocycles. The van der Waals surface area contributed by atoms with Gasteiger partial charge in [0.15, 0.2) is 5.78 Å². The summed E-state index contributed by atoms with van der Waals surface area (Å²) in [5, 5.41) is 2.18. The summed E-state index contributed by atoms with van der Waals surface area (Å²) in [6, 6.07) is 23.1. The van der Waals surface area contributed by atoms with E-state index in [1.807, 2.05) is 48.7 Å². The first-order chi connectivity index (χ1) is 15.6. The van der Waals surface area contributed by atoms with E-state index in [9.17, 15) is 9.59 Å². The zero-order chi connectivity index (χ0) is 22.3. The number of ether oxygens (including phenoxy) is 1. The van der Waals surface area contributed by atoms with Gasteiger partial charge in [0.2, 0.25) is 0 Å². The molecule has 4 heteroatoms. The van der Waals surface area contributed by atoms with Crippen molar-refractivity contribution in [2.24, 2.45) is 0 Å². The van der Waals surface area contributed by atoms with Gasteiger partial charge in [0, 0.05) is 42.6 Å². The summed E-state index contributed by atoms with van der Waals surface area (Å²) in [5.41, 5.74) is 3.77. The van der Waals surface area contributed by atoms with Crippen LogP contribution >= 0.6 is 0 Å². The number of aromatic nitrogens is 1. The first-order valence-corrected chi connectivity index (χ1v) is 10.7. The fourth-order valence-corrected chi connectivity index (χ4v) is 3.73. The van der Waals surface area contributed by atoms with E-state index in [0.717, 1.165) is 33.2 Å². The number of methoxy groups -OCH3 is 1. The summed E-state index contributed by atoms with van der Waals surface area (Å²) in [4.78, 5) is 29.1.